The van der Waals surface area contributed by atoms with E-state index in [-0.39, 0.29) is 5.91 Å². The zero-order valence-corrected chi connectivity index (χ0v) is 14.1. The van der Waals surface area contributed by atoms with E-state index in [1.54, 1.807) is 12.1 Å². The van der Waals surface area contributed by atoms with Crippen LogP contribution in [0.15, 0.2) is 51.4 Å². The van der Waals surface area contributed by atoms with Crippen molar-refractivity contribution in [2.75, 3.05) is 17.2 Å². The lowest BCUT2D eigenvalue weighted by Crippen LogP contribution is -2.12. The summed E-state index contributed by atoms with van der Waals surface area (Å²) in [5.74, 6) is -0.129. The molecule has 0 spiro atoms. The first-order chi connectivity index (χ1) is 9.60. The maximum absolute atomic E-state index is 12.2. The predicted octanol–water partition coefficient (Wildman–Crippen LogP) is 4.90. The molecular formula is C15H14Br2N2O. The Balaban J connectivity index is 2.11. The van der Waals surface area contributed by atoms with Crippen LogP contribution in [0, 0.1) is 0 Å². The topological polar surface area (TPSA) is 41.1 Å². The minimum atomic E-state index is -0.129. The van der Waals surface area contributed by atoms with Gasteiger partial charge in [0.05, 0.1) is 5.69 Å². The summed E-state index contributed by atoms with van der Waals surface area (Å²) in [6.45, 7) is 2.89. The summed E-state index contributed by atoms with van der Waals surface area (Å²) in [6.07, 6.45) is 0. The lowest BCUT2D eigenvalue weighted by molar-refractivity contribution is 0.102. The Morgan fingerprint density at radius 1 is 1.10 bits per heavy atom. The monoisotopic (exact) mass is 396 g/mol. The van der Waals surface area contributed by atoms with Gasteiger partial charge in [-0.1, -0.05) is 15.9 Å². The van der Waals surface area contributed by atoms with Crippen molar-refractivity contribution in [2.24, 2.45) is 0 Å². The molecule has 2 aromatic rings. The molecule has 2 N–H and O–H groups in total. The molecule has 0 fully saturated rings. The average molecular weight is 398 g/mol. The first-order valence-corrected chi connectivity index (χ1v) is 7.79. The van der Waals surface area contributed by atoms with E-state index in [0.717, 1.165) is 26.9 Å². The summed E-state index contributed by atoms with van der Waals surface area (Å²) >= 11 is 6.81. The largest absolute Gasteiger partial charge is 0.385 e. The molecule has 2 rings (SSSR count). The molecular weight excluding hydrogens is 384 g/mol. The van der Waals surface area contributed by atoms with Gasteiger partial charge in [-0.05, 0) is 65.3 Å². The fraction of sp³-hybridized carbons (Fsp3) is 0.133. The number of halogens is 2. The third-order valence-corrected chi connectivity index (χ3v) is 3.86. The summed E-state index contributed by atoms with van der Waals surface area (Å²) in [4.78, 5) is 12.2. The average Bonchev–Trinajstić information content (AvgIpc) is 2.43. The molecule has 0 aliphatic heterocycles. The zero-order chi connectivity index (χ0) is 14.5. The van der Waals surface area contributed by atoms with E-state index in [0.29, 0.717) is 5.56 Å². The molecule has 2 aromatic carbocycles. The number of anilines is 2. The molecule has 5 heteroatoms. The standard InChI is InChI=1S/C15H14Br2N2O/c1-2-18-12-6-3-10(4-7-12)15(20)19-14-8-5-11(16)9-13(14)17/h3-9,18H,2H2,1H3,(H,19,20). The second-order valence-electron chi connectivity index (χ2n) is 4.19. The van der Waals surface area contributed by atoms with Crippen LogP contribution in [0.2, 0.25) is 0 Å². The van der Waals surface area contributed by atoms with E-state index in [1.807, 2.05) is 37.3 Å². The lowest BCUT2D eigenvalue weighted by Gasteiger charge is -2.09. The maximum atomic E-state index is 12.2. The molecule has 0 aliphatic carbocycles. The van der Waals surface area contributed by atoms with Crippen molar-refractivity contribution >= 4 is 49.1 Å². The molecule has 20 heavy (non-hydrogen) atoms. The van der Waals surface area contributed by atoms with Crippen molar-refractivity contribution < 1.29 is 4.79 Å². The normalized spacial score (nSPS) is 10.2. The Morgan fingerprint density at radius 3 is 2.40 bits per heavy atom. The second kappa shape index (κ2) is 6.90. The van der Waals surface area contributed by atoms with Crippen LogP contribution in [0.4, 0.5) is 11.4 Å². The number of carbonyl (C=O) groups excluding carboxylic acids is 1. The highest BCUT2D eigenvalue weighted by Gasteiger charge is 2.08. The molecule has 0 radical (unpaired) electrons. The summed E-state index contributed by atoms with van der Waals surface area (Å²) in [5, 5.41) is 6.07. The van der Waals surface area contributed by atoms with E-state index in [1.165, 1.54) is 0 Å². The first kappa shape index (κ1) is 15.1. The van der Waals surface area contributed by atoms with Crippen LogP contribution < -0.4 is 10.6 Å². The Hall–Kier alpha value is -1.33. The maximum Gasteiger partial charge on any atom is 0.255 e. The van der Waals surface area contributed by atoms with E-state index >= 15 is 0 Å². The number of carbonyl (C=O) groups is 1. The second-order valence-corrected chi connectivity index (χ2v) is 5.96. The smallest absolute Gasteiger partial charge is 0.255 e. The summed E-state index contributed by atoms with van der Waals surface area (Å²) in [5.41, 5.74) is 2.38. The zero-order valence-electron chi connectivity index (χ0n) is 10.9. The lowest BCUT2D eigenvalue weighted by atomic mass is 10.2. The van der Waals surface area contributed by atoms with Crippen LogP contribution in [0.25, 0.3) is 0 Å². The predicted molar refractivity (Wildman–Crippen MR) is 90.4 cm³/mol. The highest BCUT2D eigenvalue weighted by atomic mass is 79.9. The van der Waals surface area contributed by atoms with Crippen LogP contribution >= 0.6 is 31.9 Å². The number of nitrogens with one attached hydrogen (secondary N) is 2. The quantitative estimate of drug-likeness (QED) is 0.770. The Bertz CT molecular complexity index is 612. The van der Waals surface area contributed by atoms with Crippen molar-refractivity contribution in [2.45, 2.75) is 6.92 Å². The summed E-state index contributed by atoms with van der Waals surface area (Å²) in [6, 6.07) is 13.0. The Morgan fingerprint density at radius 2 is 1.80 bits per heavy atom. The van der Waals surface area contributed by atoms with Crippen molar-refractivity contribution in [1.82, 2.24) is 0 Å². The van der Waals surface area contributed by atoms with Gasteiger partial charge < -0.3 is 10.6 Å². The van der Waals surface area contributed by atoms with Crippen LogP contribution in [0.1, 0.15) is 17.3 Å². The number of amides is 1. The molecule has 0 aliphatic rings. The minimum absolute atomic E-state index is 0.129. The summed E-state index contributed by atoms with van der Waals surface area (Å²) in [7, 11) is 0. The molecule has 0 saturated carbocycles. The third-order valence-electron chi connectivity index (χ3n) is 2.71. The SMILES string of the molecule is CCNc1ccc(C(=O)Nc2ccc(Br)cc2Br)cc1. The van der Waals surface area contributed by atoms with Crippen LogP contribution in [-0.4, -0.2) is 12.5 Å². The van der Waals surface area contributed by atoms with Gasteiger partial charge in [0, 0.05) is 26.7 Å². The molecule has 3 nitrogen and oxygen atoms in total. The van der Waals surface area contributed by atoms with Gasteiger partial charge >= 0.3 is 0 Å². The third kappa shape index (κ3) is 3.84. The van der Waals surface area contributed by atoms with Gasteiger partial charge in [0.2, 0.25) is 0 Å². The van der Waals surface area contributed by atoms with E-state index in [2.05, 4.69) is 42.5 Å². The van der Waals surface area contributed by atoms with Gasteiger partial charge in [-0.2, -0.15) is 0 Å². The fourth-order valence-corrected chi connectivity index (χ4v) is 2.88. The molecule has 0 atom stereocenters. The molecule has 0 aromatic heterocycles. The van der Waals surface area contributed by atoms with Gasteiger partial charge in [-0.3, -0.25) is 4.79 Å². The van der Waals surface area contributed by atoms with E-state index in [9.17, 15) is 4.79 Å². The van der Waals surface area contributed by atoms with Crippen LogP contribution in [-0.2, 0) is 0 Å². The van der Waals surface area contributed by atoms with Gasteiger partial charge in [0.15, 0.2) is 0 Å². The number of hydrogen-bond donors (Lipinski definition) is 2. The van der Waals surface area contributed by atoms with Gasteiger partial charge in [0.1, 0.15) is 0 Å². The molecule has 104 valence electrons. The van der Waals surface area contributed by atoms with Crippen LogP contribution in [0.3, 0.4) is 0 Å². The minimum Gasteiger partial charge on any atom is -0.385 e. The Kier molecular flexibility index (Phi) is 5.20. The number of hydrogen-bond acceptors (Lipinski definition) is 2. The Labute approximate surface area is 135 Å². The van der Waals surface area contributed by atoms with Crippen molar-refractivity contribution in [1.29, 1.82) is 0 Å². The first-order valence-electron chi connectivity index (χ1n) is 6.20. The molecule has 0 unspecified atom stereocenters. The van der Waals surface area contributed by atoms with Crippen LogP contribution in [0.5, 0.6) is 0 Å². The number of rotatable bonds is 4. The van der Waals surface area contributed by atoms with Crippen molar-refractivity contribution in [3.63, 3.8) is 0 Å². The van der Waals surface area contributed by atoms with Gasteiger partial charge in [-0.15, -0.1) is 0 Å². The van der Waals surface area contributed by atoms with Gasteiger partial charge in [-0.25, -0.2) is 0 Å². The fourth-order valence-electron chi connectivity index (χ4n) is 1.73. The molecule has 0 bridgehead atoms. The highest BCUT2D eigenvalue weighted by molar-refractivity contribution is 9.11. The van der Waals surface area contributed by atoms with E-state index < -0.39 is 0 Å². The molecule has 1 amide bonds. The summed E-state index contributed by atoms with van der Waals surface area (Å²) < 4.78 is 1.79. The van der Waals surface area contributed by atoms with E-state index in [4.69, 9.17) is 0 Å². The molecule has 0 heterocycles. The number of benzene rings is 2. The highest BCUT2D eigenvalue weighted by Crippen LogP contribution is 2.26. The molecule has 0 saturated heterocycles. The van der Waals surface area contributed by atoms with Gasteiger partial charge in [0.25, 0.3) is 5.91 Å². The van der Waals surface area contributed by atoms with Crippen molar-refractivity contribution in [3.05, 3.63) is 57.0 Å². The van der Waals surface area contributed by atoms with Crippen molar-refractivity contribution in [3.8, 4) is 0 Å².